The van der Waals surface area contributed by atoms with Gasteiger partial charge in [0.25, 0.3) is 0 Å². The lowest BCUT2D eigenvalue weighted by Crippen LogP contribution is -2.12. The van der Waals surface area contributed by atoms with E-state index in [0.717, 1.165) is 11.1 Å². The molecule has 0 amide bonds. The van der Waals surface area contributed by atoms with Crippen LogP contribution in [0.4, 0.5) is 0 Å². The van der Waals surface area contributed by atoms with Crippen molar-refractivity contribution in [2.45, 2.75) is 0 Å². The van der Waals surface area contributed by atoms with Crippen LogP contribution in [0.25, 0.3) is 48.6 Å². The van der Waals surface area contributed by atoms with Crippen LogP contribution in [0.2, 0.25) is 0 Å². The van der Waals surface area contributed by atoms with Gasteiger partial charge >= 0.3 is 30.6 Å². The minimum Gasteiger partial charge on any atom is -0.413 e. The predicted molar refractivity (Wildman–Crippen MR) is 335 cm³/mol. The molecule has 0 aliphatic carbocycles. The summed E-state index contributed by atoms with van der Waals surface area (Å²) in [5.41, 5.74) is 5.23. The number of hydrogen-bond donors (Lipinski definition) is 0. The van der Waals surface area contributed by atoms with Crippen molar-refractivity contribution in [2.24, 2.45) is 18.1 Å². The van der Waals surface area contributed by atoms with Crippen LogP contribution in [-0.2, 0) is 0 Å². The Labute approximate surface area is 468 Å². The Morgan fingerprint density at radius 1 is 0.237 bits per heavy atom. The molecule has 0 saturated heterocycles. The lowest BCUT2D eigenvalue weighted by molar-refractivity contribution is 0.443. The Bertz CT molecular complexity index is 3670. The molecule has 0 saturated carbocycles. The zero-order chi connectivity index (χ0) is 56.0. The van der Waals surface area contributed by atoms with Gasteiger partial charge in [-0.1, -0.05) is 241 Å². The van der Waals surface area contributed by atoms with Crippen LogP contribution in [0, 0.1) is 0 Å². The molecule has 80 heavy (non-hydrogen) atoms. The van der Waals surface area contributed by atoms with Crippen LogP contribution < -0.4 is 36.2 Å². The fourth-order valence-electron chi connectivity index (χ4n) is 7.73. The van der Waals surface area contributed by atoms with Gasteiger partial charge in [-0.15, -0.1) is 0 Å². The fourth-order valence-corrected chi connectivity index (χ4v) is 19.9. The van der Waals surface area contributed by atoms with Crippen molar-refractivity contribution in [3.63, 3.8) is 0 Å². The second-order valence-corrected chi connectivity index (χ2v) is 25.4. The summed E-state index contributed by atoms with van der Waals surface area (Å²) < 4.78 is 82.0. The van der Waals surface area contributed by atoms with Crippen molar-refractivity contribution in [1.29, 1.82) is 0 Å². The van der Waals surface area contributed by atoms with Crippen LogP contribution in [0.3, 0.4) is 0 Å². The van der Waals surface area contributed by atoms with Crippen LogP contribution in [0.5, 0.6) is 46.0 Å². The summed E-state index contributed by atoms with van der Waals surface area (Å²) in [6, 6.07) is 57.6. The van der Waals surface area contributed by atoms with Gasteiger partial charge in [0.2, 0.25) is 0 Å². The zero-order valence-corrected chi connectivity index (χ0v) is 47.2. The predicted octanol–water partition coefficient (Wildman–Crippen LogP) is 21.6. The average Bonchev–Trinajstić information content (AvgIpc) is 3.58. The Hall–Kier alpha value is -9.00. The number of benzene rings is 8. The summed E-state index contributed by atoms with van der Waals surface area (Å²) >= 11 is 0. The molecule has 1 heterocycles. The molecular formula is C64H56N4O8P4. The molecule has 0 fully saturated rings. The topological polar surface area (TPSA) is 123 Å². The third kappa shape index (κ3) is 13.3. The molecule has 400 valence electrons. The summed E-state index contributed by atoms with van der Waals surface area (Å²) in [4.78, 5) is 0. The molecule has 0 aromatic heterocycles. The first-order valence-electron chi connectivity index (χ1n) is 24.9. The lowest BCUT2D eigenvalue weighted by atomic mass is 10.2. The van der Waals surface area contributed by atoms with E-state index in [2.05, 4.69) is 52.6 Å². The first-order chi connectivity index (χ1) is 39.0. The molecule has 8 aromatic carbocycles. The first kappa shape index (κ1) is 55.7. The Morgan fingerprint density at radius 3 is 0.762 bits per heavy atom. The summed E-state index contributed by atoms with van der Waals surface area (Å²) in [6.07, 6.45) is 13.4. The second kappa shape index (κ2) is 25.2. The molecule has 0 bridgehead atoms. The summed E-state index contributed by atoms with van der Waals surface area (Å²) in [5, 5.41) is 0. The van der Waals surface area contributed by atoms with Crippen molar-refractivity contribution in [1.82, 2.24) is 0 Å². The Balaban J connectivity index is 1.57. The highest BCUT2D eigenvalue weighted by Crippen LogP contribution is 2.79. The van der Waals surface area contributed by atoms with Crippen LogP contribution >= 0.6 is 30.6 Å². The van der Waals surface area contributed by atoms with Crippen molar-refractivity contribution < 1.29 is 36.2 Å². The zero-order valence-electron chi connectivity index (χ0n) is 43.6. The average molecular weight is 1130 g/mol. The Kier molecular flexibility index (Phi) is 17.6. The largest absolute Gasteiger partial charge is 0.460 e. The normalized spacial score (nSPS) is 19.0. The summed E-state index contributed by atoms with van der Waals surface area (Å²) in [5.74, 6) is 1.99. The number of rotatable bonds is 24. The highest BCUT2D eigenvalue weighted by Gasteiger charge is 2.50. The van der Waals surface area contributed by atoms with E-state index < -0.39 is 30.6 Å². The van der Waals surface area contributed by atoms with E-state index in [1.165, 1.54) is 0 Å². The second-order valence-electron chi connectivity index (χ2n) is 17.1. The van der Waals surface area contributed by atoms with Crippen molar-refractivity contribution >= 4 is 79.2 Å². The number of para-hydroxylation sites is 4. The highest BCUT2D eigenvalue weighted by molar-refractivity contribution is 7.79. The van der Waals surface area contributed by atoms with E-state index in [1.54, 1.807) is 158 Å². The first-order valence-corrected chi connectivity index (χ1v) is 31.0. The van der Waals surface area contributed by atoms with Gasteiger partial charge in [0.15, 0.2) is 0 Å². The van der Waals surface area contributed by atoms with Gasteiger partial charge in [0.05, 0.1) is 0 Å². The van der Waals surface area contributed by atoms with Gasteiger partial charge in [-0.25, -0.2) is 0 Å². The summed E-state index contributed by atoms with van der Waals surface area (Å²) in [6.45, 7) is 32.7. The minimum atomic E-state index is -4.72. The van der Waals surface area contributed by atoms with Crippen LogP contribution in [0.1, 0.15) is 44.5 Å². The van der Waals surface area contributed by atoms with Gasteiger partial charge in [0.1, 0.15) is 46.0 Å². The summed E-state index contributed by atoms with van der Waals surface area (Å²) in [7, 11) is -18.9. The van der Waals surface area contributed by atoms with Crippen molar-refractivity contribution in [3.05, 3.63) is 291 Å². The molecular weight excluding hydrogens is 1080 g/mol. The van der Waals surface area contributed by atoms with Gasteiger partial charge < -0.3 is 36.2 Å². The maximum absolute atomic E-state index is 7.41. The third-order valence-corrected chi connectivity index (χ3v) is 22.4. The van der Waals surface area contributed by atoms with E-state index in [1.807, 2.05) is 84.9 Å². The van der Waals surface area contributed by atoms with E-state index in [4.69, 9.17) is 54.3 Å². The van der Waals surface area contributed by atoms with Crippen molar-refractivity contribution in [3.8, 4) is 46.0 Å². The third-order valence-electron chi connectivity index (χ3n) is 11.6. The van der Waals surface area contributed by atoms with Gasteiger partial charge in [0, 0.05) is 22.3 Å². The molecule has 12 nitrogen and oxygen atoms in total. The van der Waals surface area contributed by atoms with E-state index in [9.17, 15) is 0 Å². The molecule has 4 atom stereocenters. The molecule has 8 aromatic rings. The van der Waals surface area contributed by atoms with Gasteiger partial charge in [-0.2, -0.15) is 0 Å². The van der Waals surface area contributed by atoms with Crippen molar-refractivity contribution in [2.75, 3.05) is 0 Å². The molecule has 0 N–H and O–H groups in total. The molecule has 9 rings (SSSR count). The Morgan fingerprint density at radius 2 is 0.500 bits per heavy atom. The monoisotopic (exact) mass is 1130 g/mol. The highest BCUT2D eigenvalue weighted by atomic mass is 31.3. The van der Waals surface area contributed by atoms with Crippen LogP contribution in [0.15, 0.2) is 265 Å². The SMILES string of the molecule is C=Cc1ccc(OP2(Oc3ccccc3C=C)=NP(Oc3cccc(C=C)c3)(Oc3ccccc3C=C)=NP(Oc3ccc(C=C)cc3)(Oc3ccccc3C=C)=NP(Oc3cccc(C=C)c3)(Oc3ccccc3C=C)=N2)cc1. The number of nitrogens with zero attached hydrogens (tertiary/aromatic N) is 4. The molecule has 16 heteroatoms. The molecule has 0 spiro atoms. The van der Waals surface area contributed by atoms with Gasteiger partial charge in [-0.05, 0) is 95.1 Å². The van der Waals surface area contributed by atoms with E-state index in [-0.39, 0.29) is 46.0 Å². The smallest absolute Gasteiger partial charge is 0.413 e. The van der Waals surface area contributed by atoms with Gasteiger partial charge in [-0.3, -0.25) is 0 Å². The minimum absolute atomic E-state index is 0.245. The van der Waals surface area contributed by atoms with Crippen LogP contribution in [-0.4, -0.2) is 0 Å². The molecule has 1 aliphatic rings. The van der Waals surface area contributed by atoms with E-state index in [0.29, 0.717) is 33.4 Å². The van der Waals surface area contributed by atoms with E-state index >= 15 is 0 Å². The standard InChI is InChI=1S/C64H56N4O8P4/c1-9-49-39-43-57(44-40-49)69-77(73-61-35-21-17-29-53(61)13-5)65-79(71-59-33-25-27-51(11-3)47-59,75-63-37-23-19-31-55(63)15-7)67-78(70-58-45-41-50(10-2)42-46-58,74-62-36-22-18-30-54(62)14-6)68-80(66-77,72-60-34-26-28-52(12-4)48-60)76-64-38-24-20-32-56(64)16-8/h9-48H,1-8H2. The maximum atomic E-state index is 7.41. The molecule has 0 radical (unpaired) electrons. The maximum Gasteiger partial charge on any atom is 0.460 e. The quantitative estimate of drug-likeness (QED) is 0.0548. The lowest BCUT2D eigenvalue weighted by Gasteiger charge is -2.33. The fraction of sp³-hybridized carbons (Fsp3) is 0. The number of hydrogen-bond acceptors (Lipinski definition) is 12. The molecule has 1 aliphatic heterocycles. The molecule has 4 unspecified atom stereocenters.